The second-order valence-corrected chi connectivity index (χ2v) is 7.95. The van der Waals surface area contributed by atoms with Gasteiger partial charge in [-0.05, 0) is 37.7 Å². The van der Waals surface area contributed by atoms with Crippen LogP contribution in [0.5, 0.6) is 0 Å². The maximum absolute atomic E-state index is 12.2. The molecule has 26 heavy (non-hydrogen) atoms. The smallest absolute Gasteiger partial charge is 0.319 e. The molecule has 2 aliphatic heterocycles. The topological polar surface area (TPSA) is 86.4 Å². The molecule has 2 aliphatic rings. The van der Waals surface area contributed by atoms with Crippen molar-refractivity contribution in [1.29, 1.82) is 0 Å². The molecule has 142 valence electrons. The van der Waals surface area contributed by atoms with Gasteiger partial charge in [0.2, 0.25) is 5.91 Å². The molecular weight excluding hydrogens is 330 g/mol. The molecule has 3 heterocycles. The highest BCUT2D eigenvalue weighted by atomic mass is 16.2. The molecule has 2 saturated heterocycles. The number of carbonyl (C=O) groups is 2. The summed E-state index contributed by atoms with van der Waals surface area (Å²) in [4.78, 5) is 30.7. The van der Waals surface area contributed by atoms with Gasteiger partial charge in [-0.2, -0.15) is 0 Å². The van der Waals surface area contributed by atoms with Crippen LogP contribution in [0.4, 0.5) is 16.3 Å². The number of urea groups is 1. The number of hydrogen-bond acceptors (Lipinski definition) is 4. The average Bonchev–Trinajstić information content (AvgIpc) is 2.63. The van der Waals surface area contributed by atoms with Gasteiger partial charge in [0.25, 0.3) is 0 Å². The average molecular weight is 359 g/mol. The first-order chi connectivity index (χ1) is 12.4. The zero-order chi connectivity index (χ0) is 18.6. The van der Waals surface area contributed by atoms with Gasteiger partial charge in [-0.1, -0.05) is 13.8 Å². The van der Waals surface area contributed by atoms with Gasteiger partial charge in [0.05, 0.1) is 0 Å². The van der Waals surface area contributed by atoms with Crippen LogP contribution in [0.15, 0.2) is 18.3 Å². The third kappa shape index (κ3) is 4.65. The fourth-order valence-electron chi connectivity index (χ4n) is 3.71. The van der Waals surface area contributed by atoms with E-state index < -0.39 is 0 Å². The Balaban J connectivity index is 1.50. The van der Waals surface area contributed by atoms with Crippen LogP contribution in [-0.4, -0.2) is 43.1 Å². The van der Waals surface area contributed by atoms with Gasteiger partial charge in [0, 0.05) is 49.5 Å². The molecule has 1 aromatic heterocycles. The van der Waals surface area contributed by atoms with Crippen molar-refractivity contribution in [3.8, 4) is 0 Å². The molecular formula is C19H29N5O2. The lowest BCUT2D eigenvalue weighted by molar-refractivity contribution is -0.132. The maximum atomic E-state index is 12.2. The standard InChI is InChI=1S/C19H29N5O2/c1-19(2)11-14(12-21-17(19)25)13-22-18(26)23-15-6-7-20-16(10-15)24-8-4-3-5-9-24/h6-7,10,14H,3-5,8-9,11-13H2,1-2H3,(H,21,25)(H2,20,22,23,26). The fourth-order valence-corrected chi connectivity index (χ4v) is 3.71. The van der Waals surface area contributed by atoms with E-state index in [2.05, 4.69) is 25.8 Å². The molecule has 1 aromatic rings. The van der Waals surface area contributed by atoms with Crippen molar-refractivity contribution in [3.05, 3.63) is 18.3 Å². The first kappa shape index (κ1) is 18.5. The lowest BCUT2D eigenvalue weighted by Gasteiger charge is -2.34. The second kappa shape index (κ2) is 7.93. The number of hydrogen-bond donors (Lipinski definition) is 3. The Bertz CT molecular complexity index is 655. The molecule has 0 aromatic carbocycles. The van der Waals surface area contributed by atoms with E-state index in [9.17, 15) is 9.59 Å². The summed E-state index contributed by atoms with van der Waals surface area (Å²) in [6.45, 7) is 7.06. The normalized spacial score (nSPS) is 22.5. The fraction of sp³-hybridized carbons (Fsp3) is 0.632. The first-order valence-corrected chi connectivity index (χ1v) is 9.48. The number of rotatable bonds is 4. The molecule has 0 aliphatic carbocycles. The van der Waals surface area contributed by atoms with Crippen molar-refractivity contribution in [2.24, 2.45) is 11.3 Å². The van der Waals surface area contributed by atoms with E-state index in [1.54, 1.807) is 12.3 Å². The van der Waals surface area contributed by atoms with Crippen molar-refractivity contribution < 1.29 is 9.59 Å². The zero-order valence-corrected chi connectivity index (χ0v) is 15.7. The summed E-state index contributed by atoms with van der Waals surface area (Å²) in [5.41, 5.74) is 0.366. The number of pyridine rings is 1. The third-order valence-electron chi connectivity index (χ3n) is 5.20. The largest absolute Gasteiger partial charge is 0.357 e. The molecule has 1 unspecified atom stereocenters. The predicted molar refractivity (Wildman–Crippen MR) is 102 cm³/mol. The third-order valence-corrected chi connectivity index (χ3v) is 5.20. The lowest BCUT2D eigenvalue weighted by Crippen LogP contribution is -2.49. The van der Waals surface area contributed by atoms with E-state index in [0.717, 1.165) is 31.0 Å². The highest BCUT2D eigenvalue weighted by Crippen LogP contribution is 2.28. The predicted octanol–water partition coefficient (Wildman–Crippen LogP) is 2.36. The van der Waals surface area contributed by atoms with E-state index >= 15 is 0 Å². The van der Waals surface area contributed by atoms with Gasteiger partial charge in [0.1, 0.15) is 5.82 Å². The van der Waals surface area contributed by atoms with E-state index in [-0.39, 0.29) is 23.3 Å². The number of anilines is 2. The molecule has 1 atom stereocenters. The summed E-state index contributed by atoms with van der Waals surface area (Å²) < 4.78 is 0. The van der Waals surface area contributed by atoms with Crippen LogP contribution in [0.3, 0.4) is 0 Å². The molecule has 0 spiro atoms. The Kier molecular flexibility index (Phi) is 5.64. The Hall–Kier alpha value is -2.31. The quantitative estimate of drug-likeness (QED) is 0.770. The van der Waals surface area contributed by atoms with E-state index in [1.165, 1.54) is 19.3 Å². The number of carbonyl (C=O) groups excluding carboxylic acids is 2. The Morgan fingerprint density at radius 3 is 2.85 bits per heavy atom. The number of nitrogens with zero attached hydrogens (tertiary/aromatic N) is 2. The minimum absolute atomic E-state index is 0.0835. The Morgan fingerprint density at radius 2 is 2.12 bits per heavy atom. The van der Waals surface area contributed by atoms with Crippen LogP contribution in [0.1, 0.15) is 39.5 Å². The summed E-state index contributed by atoms with van der Waals surface area (Å²) >= 11 is 0. The highest BCUT2D eigenvalue weighted by molar-refractivity contribution is 5.89. The summed E-state index contributed by atoms with van der Waals surface area (Å²) in [5, 5.41) is 8.72. The summed E-state index contributed by atoms with van der Waals surface area (Å²) in [7, 11) is 0. The monoisotopic (exact) mass is 359 g/mol. The minimum Gasteiger partial charge on any atom is -0.357 e. The number of aromatic nitrogens is 1. The maximum Gasteiger partial charge on any atom is 0.319 e. The molecule has 3 N–H and O–H groups in total. The van der Waals surface area contributed by atoms with Crippen LogP contribution in [0.25, 0.3) is 0 Å². The van der Waals surface area contributed by atoms with Gasteiger partial charge in [-0.25, -0.2) is 9.78 Å². The highest BCUT2D eigenvalue weighted by Gasteiger charge is 2.35. The summed E-state index contributed by atoms with van der Waals surface area (Å²) in [6, 6.07) is 3.50. The van der Waals surface area contributed by atoms with E-state index in [4.69, 9.17) is 0 Å². The SMILES string of the molecule is CC1(C)CC(CNC(=O)Nc2ccnc(N3CCCCC3)c2)CNC1=O. The van der Waals surface area contributed by atoms with E-state index in [0.29, 0.717) is 13.1 Å². The summed E-state index contributed by atoms with van der Waals surface area (Å²) in [6.07, 6.45) is 6.16. The molecule has 7 nitrogen and oxygen atoms in total. The van der Waals surface area contributed by atoms with Crippen molar-refractivity contribution in [2.45, 2.75) is 39.5 Å². The molecule has 0 saturated carbocycles. The van der Waals surface area contributed by atoms with Crippen molar-refractivity contribution in [3.63, 3.8) is 0 Å². The zero-order valence-electron chi connectivity index (χ0n) is 15.7. The van der Waals surface area contributed by atoms with Crippen LogP contribution in [-0.2, 0) is 4.79 Å². The van der Waals surface area contributed by atoms with Gasteiger partial charge in [0.15, 0.2) is 0 Å². The van der Waals surface area contributed by atoms with Crippen LogP contribution in [0.2, 0.25) is 0 Å². The van der Waals surface area contributed by atoms with Crippen LogP contribution in [0, 0.1) is 11.3 Å². The summed E-state index contributed by atoms with van der Waals surface area (Å²) in [5.74, 6) is 1.24. The lowest BCUT2D eigenvalue weighted by atomic mass is 9.79. The Morgan fingerprint density at radius 1 is 1.35 bits per heavy atom. The minimum atomic E-state index is -0.379. The second-order valence-electron chi connectivity index (χ2n) is 7.95. The number of piperidine rings is 2. The molecule has 3 amide bonds. The van der Waals surface area contributed by atoms with Crippen LogP contribution < -0.4 is 20.9 Å². The molecule has 0 bridgehead atoms. The molecule has 0 radical (unpaired) electrons. The van der Waals surface area contributed by atoms with Gasteiger partial charge >= 0.3 is 6.03 Å². The Labute approximate surface area is 154 Å². The number of amides is 3. The first-order valence-electron chi connectivity index (χ1n) is 9.48. The molecule has 7 heteroatoms. The molecule has 2 fully saturated rings. The van der Waals surface area contributed by atoms with Crippen molar-refractivity contribution >= 4 is 23.4 Å². The van der Waals surface area contributed by atoms with Crippen molar-refractivity contribution in [2.75, 3.05) is 36.4 Å². The number of nitrogens with one attached hydrogen (secondary N) is 3. The van der Waals surface area contributed by atoms with E-state index in [1.807, 2.05) is 19.9 Å². The van der Waals surface area contributed by atoms with Crippen LogP contribution >= 0.6 is 0 Å². The van der Waals surface area contributed by atoms with Gasteiger partial charge in [-0.3, -0.25) is 4.79 Å². The van der Waals surface area contributed by atoms with Crippen molar-refractivity contribution in [1.82, 2.24) is 15.6 Å². The van der Waals surface area contributed by atoms with Gasteiger partial charge in [-0.15, -0.1) is 0 Å². The van der Waals surface area contributed by atoms with Gasteiger partial charge < -0.3 is 20.9 Å². The molecule has 3 rings (SSSR count).